The molecule has 0 amide bonds. The Morgan fingerprint density at radius 1 is 1.30 bits per heavy atom. The molecule has 5 nitrogen and oxygen atoms in total. The summed E-state index contributed by atoms with van der Waals surface area (Å²) in [6.45, 7) is 0. The highest BCUT2D eigenvalue weighted by Crippen LogP contribution is 2.21. The first-order valence-corrected chi connectivity index (χ1v) is 7.77. The number of allylic oxidation sites excluding steroid dienone is 1. The van der Waals surface area contributed by atoms with E-state index in [2.05, 4.69) is 37.0 Å². The van der Waals surface area contributed by atoms with E-state index in [9.17, 15) is 5.26 Å². The van der Waals surface area contributed by atoms with Crippen LogP contribution in [0.4, 0.5) is 5.69 Å². The second-order valence-electron chi connectivity index (χ2n) is 5.27. The van der Waals surface area contributed by atoms with Gasteiger partial charge in [-0.25, -0.2) is 9.97 Å². The van der Waals surface area contributed by atoms with Crippen LogP contribution in [0.1, 0.15) is 11.4 Å². The summed E-state index contributed by atoms with van der Waals surface area (Å²) in [5.41, 5.74) is 3.91. The monoisotopic (exact) mass is 367 g/mol. The Balaban J connectivity index is 1.98. The van der Waals surface area contributed by atoms with Crippen LogP contribution in [0.3, 0.4) is 0 Å². The Hall–Kier alpha value is -2.65. The number of nitriles is 1. The summed E-state index contributed by atoms with van der Waals surface area (Å²) in [7, 11) is 3.98. The number of imidazole rings is 1. The third kappa shape index (κ3) is 3.25. The number of anilines is 1. The molecule has 0 radical (unpaired) electrons. The molecule has 114 valence electrons. The normalized spacial score (nSPS) is 11.5. The van der Waals surface area contributed by atoms with Gasteiger partial charge in [0.1, 0.15) is 6.07 Å². The van der Waals surface area contributed by atoms with Crippen molar-refractivity contribution in [2.24, 2.45) is 0 Å². The third-order valence-electron chi connectivity index (χ3n) is 3.40. The highest BCUT2D eigenvalue weighted by Gasteiger charge is 2.09. The van der Waals surface area contributed by atoms with Crippen molar-refractivity contribution < 1.29 is 0 Å². The fourth-order valence-corrected chi connectivity index (χ4v) is 2.52. The molecule has 3 rings (SSSR count). The van der Waals surface area contributed by atoms with Crippen molar-refractivity contribution in [3.8, 4) is 6.07 Å². The number of nitrogens with one attached hydrogen (secondary N) is 1. The van der Waals surface area contributed by atoms with Crippen LogP contribution in [0.5, 0.6) is 0 Å². The topological polar surface area (TPSA) is 68.6 Å². The van der Waals surface area contributed by atoms with Crippen LogP contribution < -0.4 is 4.90 Å². The molecule has 3 aromatic rings. The number of nitrogens with zero attached hydrogens (tertiary/aromatic N) is 4. The highest BCUT2D eigenvalue weighted by molar-refractivity contribution is 9.10. The lowest BCUT2D eigenvalue weighted by Crippen LogP contribution is -2.07. The molecule has 0 saturated heterocycles. The molecule has 6 heteroatoms. The van der Waals surface area contributed by atoms with Crippen LogP contribution in [0.25, 0.3) is 22.8 Å². The molecule has 0 spiro atoms. The summed E-state index contributed by atoms with van der Waals surface area (Å²) in [5, 5.41) is 9.45. The summed E-state index contributed by atoms with van der Waals surface area (Å²) in [4.78, 5) is 13.8. The summed E-state index contributed by atoms with van der Waals surface area (Å²) >= 11 is 3.37. The predicted octanol–water partition coefficient (Wildman–Crippen LogP) is 3.85. The SMILES string of the molecule is CN(C)c1ccc(C=C(C#N)c2nc3ncc(Br)cc3[nH]2)cc1. The smallest absolute Gasteiger partial charge is 0.178 e. The van der Waals surface area contributed by atoms with E-state index in [-0.39, 0.29) is 0 Å². The van der Waals surface area contributed by atoms with Gasteiger partial charge in [0.05, 0.1) is 11.1 Å². The first-order valence-electron chi connectivity index (χ1n) is 6.97. The molecule has 2 aromatic heterocycles. The minimum absolute atomic E-state index is 0.469. The Bertz CT molecular complexity index is 916. The van der Waals surface area contributed by atoms with E-state index in [0.29, 0.717) is 17.0 Å². The molecule has 23 heavy (non-hydrogen) atoms. The maximum absolute atomic E-state index is 9.45. The van der Waals surface area contributed by atoms with Gasteiger partial charge >= 0.3 is 0 Å². The van der Waals surface area contributed by atoms with Crippen LogP contribution in [0.2, 0.25) is 0 Å². The molecule has 0 atom stereocenters. The van der Waals surface area contributed by atoms with Gasteiger partial charge in [0.15, 0.2) is 11.5 Å². The second kappa shape index (κ2) is 6.23. The Morgan fingerprint density at radius 2 is 2.04 bits per heavy atom. The molecule has 0 aliphatic rings. The van der Waals surface area contributed by atoms with Crippen LogP contribution in [0, 0.1) is 11.3 Å². The fourth-order valence-electron chi connectivity index (χ4n) is 2.19. The molecule has 0 bridgehead atoms. The fraction of sp³-hybridized carbons (Fsp3) is 0.118. The van der Waals surface area contributed by atoms with Gasteiger partial charge in [0.25, 0.3) is 0 Å². The average molecular weight is 368 g/mol. The van der Waals surface area contributed by atoms with E-state index in [1.807, 2.05) is 55.4 Å². The van der Waals surface area contributed by atoms with Gasteiger partial charge < -0.3 is 9.88 Å². The average Bonchev–Trinajstić information content (AvgIpc) is 2.95. The zero-order chi connectivity index (χ0) is 16.4. The first-order chi connectivity index (χ1) is 11.1. The number of rotatable bonds is 3. The van der Waals surface area contributed by atoms with Crippen LogP contribution in [0.15, 0.2) is 41.0 Å². The number of pyridine rings is 1. The van der Waals surface area contributed by atoms with Crippen molar-refractivity contribution in [3.05, 3.63) is 52.4 Å². The lowest BCUT2D eigenvalue weighted by atomic mass is 10.1. The molecule has 0 saturated carbocycles. The second-order valence-corrected chi connectivity index (χ2v) is 6.18. The van der Waals surface area contributed by atoms with Gasteiger partial charge in [-0.2, -0.15) is 5.26 Å². The number of fused-ring (bicyclic) bond motifs is 1. The van der Waals surface area contributed by atoms with Gasteiger partial charge in [-0.3, -0.25) is 0 Å². The van der Waals surface area contributed by atoms with Crippen molar-refractivity contribution in [1.29, 1.82) is 5.26 Å². The van der Waals surface area contributed by atoms with Crippen molar-refractivity contribution in [3.63, 3.8) is 0 Å². The van der Waals surface area contributed by atoms with E-state index in [4.69, 9.17) is 0 Å². The van der Waals surface area contributed by atoms with Gasteiger partial charge in [0.2, 0.25) is 0 Å². The number of aromatic nitrogens is 3. The van der Waals surface area contributed by atoms with E-state index < -0.39 is 0 Å². The minimum atomic E-state index is 0.469. The van der Waals surface area contributed by atoms with E-state index in [0.717, 1.165) is 21.2 Å². The predicted molar refractivity (Wildman–Crippen MR) is 95.8 cm³/mol. The van der Waals surface area contributed by atoms with Crippen molar-refractivity contribution >= 4 is 44.4 Å². The molecule has 2 heterocycles. The molecule has 1 aromatic carbocycles. The summed E-state index contributed by atoms with van der Waals surface area (Å²) < 4.78 is 0.863. The van der Waals surface area contributed by atoms with Gasteiger partial charge in [0, 0.05) is 30.5 Å². The first kappa shape index (κ1) is 15.3. The number of halogens is 1. The van der Waals surface area contributed by atoms with Crippen molar-refractivity contribution in [2.45, 2.75) is 0 Å². The molecule has 1 N–H and O–H groups in total. The lowest BCUT2D eigenvalue weighted by Gasteiger charge is -2.11. The zero-order valence-electron chi connectivity index (χ0n) is 12.7. The van der Waals surface area contributed by atoms with Gasteiger partial charge in [-0.15, -0.1) is 0 Å². The van der Waals surface area contributed by atoms with Crippen LogP contribution in [-0.4, -0.2) is 29.0 Å². The number of H-pyrrole nitrogens is 1. The van der Waals surface area contributed by atoms with Gasteiger partial charge in [-0.05, 0) is 45.8 Å². The minimum Gasteiger partial charge on any atom is -0.378 e. The summed E-state index contributed by atoms with van der Waals surface area (Å²) in [6.07, 6.45) is 3.49. The van der Waals surface area contributed by atoms with Crippen molar-refractivity contribution in [1.82, 2.24) is 15.0 Å². The number of benzene rings is 1. The van der Waals surface area contributed by atoms with Crippen LogP contribution >= 0.6 is 15.9 Å². The van der Waals surface area contributed by atoms with E-state index >= 15 is 0 Å². The molecule has 0 aliphatic carbocycles. The molecule has 0 aliphatic heterocycles. The third-order valence-corrected chi connectivity index (χ3v) is 3.83. The Morgan fingerprint density at radius 3 is 2.70 bits per heavy atom. The molecular weight excluding hydrogens is 354 g/mol. The lowest BCUT2D eigenvalue weighted by molar-refractivity contribution is 1.13. The van der Waals surface area contributed by atoms with E-state index in [1.165, 1.54) is 0 Å². The van der Waals surface area contributed by atoms with Crippen LogP contribution in [-0.2, 0) is 0 Å². The quantitative estimate of drug-likeness (QED) is 0.713. The standard InChI is InChI=1S/C17H14BrN5/c1-23(2)14-5-3-11(4-6-14)7-12(9-19)16-21-15-8-13(18)10-20-17(15)22-16/h3-8,10H,1-2H3,(H,20,21,22). The molecular formula is C17H14BrN5. The number of aromatic amines is 1. The molecule has 0 unspecified atom stereocenters. The Kier molecular flexibility index (Phi) is 4.13. The zero-order valence-corrected chi connectivity index (χ0v) is 14.3. The highest BCUT2D eigenvalue weighted by atomic mass is 79.9. The largest absolute Gasteiger partial charge is 0.378 e. The van der Waals surface area contributed by atoms with E-state index in [1.54, 1.807) is 6.20 Å². The molecule has 0 fully saturated rings. The summed E-state index contributed by atoms with van der Waals surface area (Å²) in [6, 6.07) is 12.1. The summed E-state index contributed by atoms with van der Waals surface area (Å²) in [5.74, 6) is 0.518. The van der Waals surface area contributed by atoms with Gasteiger partial charge in [-0.1, -0.05) is 12.1 Å². The number of hydrogen-bond donors (Lipinski definition) is 1. The maximum Gasteiger partial charge on any atom is 0.178 e. The maximum atomic E-state index is 9.45. The van der Waals surface area contributed by atoms with Crippen molar-refractivity contribution in [2.75, 3.05) is 19.0 Å². The Labute approximate surface area is 142 Å². The number of hydrogen-bond acceptors (Lipinski definition) is 4.